The Hall–Kier alpha value is -3.45. The van der Waals surface area contributed by atoms with Crippen LogP contribution in [0.4, 0.5) is 0 Å². The van der Waals surface area contributed by atoms with E-state index in [9.17, 15) is 4.79 Å². The number of carbonyl (C=O) groups is 1. The van der Waals surface area contributed by atoms with Crippen LogP contribution in [0.3, 0.4) is 0 Å². The van der Waals surface area contributed by atoms with Gasteiger partial charge in [0.2, 0.25) is 0 Å². The van der Waals surface area contributed by atoms with Crippen molar-refractivity contribution in [2.24, 2.45) is 0 Å². The number of pyridine rings is 1. The Morgan fingerprint density at radius 3 is 2.41 bits per heavy atom. The highest BCUT2D eigenvalue weighted by Gasteiger charge is 2.17. The summed E-state index contributed by atoms with van der Waals surface area (Å²) < 4.78 is 7.28. The van der Waals surface area contributed by atoms with Crippen molar-refractivity contribution < 1.29 is 9.53 Å². The molecule has 0 unspecified atom stereocenters. The minimum atomic E-state index is -0.301. The van der Waals surface area contributed by atoms with Gasteiger partial charge in [0.05, 0.1) is 5.75 Å². The van der Waals surface area contributed by atoms with Crippen LogP contribution in [0.1, 0.15) is 5.56 Å². The Balaban J connectivity index is 1.51. The molecule has 4 aromatic rings. The molecule has 4 rings (SSSR count). The lowest BCUT2D eigenvalue weighted by Gasteiger charge is -2.10. The predicted octanol–water partition coefficient (Wildman–Crippen LogP) is 4.16. The normalized spacial score (nSPS) is 10.6. The number of thioether (sulfide) groups is 1. The molecule has 7 heteroatoms. The molecule has 0 radical (unpaired) electrons. The van der Waals surface area contributed by atoms with E-state index in [4.69, 9.17) is 4.74 Å². The van der Waals surface area contributed by atoms with Gasteiger partial charge in [-0.2, -0.15) is 0 Å². The number of aromatic nitrogens is 4. The lowest BCUT2D eigenvalue weighted by molar-refractivity contribution is -0.141. The third kappa shape index (κ3) is 4.70. The van der Waals surface area contributed by atoms with Crippen molar-refractivity contribution in [1.29, 1.82) is 0 Å². The number of esters is 1. The fourth-order valence-corrected chi connectivity index (χ4v) is 3.51. The van der Waals surface area contributed by atoms with Gasteiger partial charge in [0, 0.05) is 23.6 Å². The number of rotatable bonds is 7. The molecule has 144 valence electrons. The van der Waals surface area contributed by atoms with Crippen molar-refractivity contribution in [1.82, 2.24) is 19.7 Å². The topological polar surface area (TPSA) is 69.9 Å². The monoisotopic (exact) mass is 402 g/mol. The van der Waals surface area contributed by atoms with Crippen LogP contribution in [0.25, 0.3) is 17.1 Å². The Morgan fingerprint density at radius 2 is 1.69 bits per heavy atom. The zero-order valence-corrected chi connectivity index (χ0v) is 16.3. The third-order valence-electron chi connectivity index (χ3n) is 4.13. The first-order chi connectivity index (χ1) is 14.3. The smallest absolute Gasteiger partial charge is 0.316 e. The molecule has 29 heavy (non-hydrogen) atoms. The highest BCUT2D eigenvalue weighted by molar-refractivity contribution is 7.99. The molecule has 0 atom stereocenters. The SMILES string of the molecule is O=C(CSc1nnc(-c2cccnc2)n1-c1ccccc1)OCc1ccccc1. The zero-order valence-electron chi connectivity index (χ0n) is 15.5. The van der Waals surface area contributed by atoms with E-state index < -0.39 is 0 Å². The minimum absolute atomic E-state index is 0.144. The van der Waals surface area contributed by atoms with Crippen molar-refractivity contribution in [3.63, 3.8) is 0 Å². The van der Waals surface area contributed by atoms with Gasteiger partial charge in [-0.15, -0.1) is 10.2 Å². The van der Waals surface area contributed by atoms with Crippen molar-refractivity contribution in [3.8, 4) is 17.1 Å². The number of carbonyl (C=O) groups excluding carboxylic acids is 1. The van der Waals surface area contributed by atoms with Gasteiger partial charge in [0.15, 0.2) is 11.0 Å². The molecule has 6 nitrogen and oxygen atoms in total. The summed E-state index contributed by atoms with van der Waals surface area (Å²) >= 11 is 1.30. The Bertz CT molecular complexity index is 1070. The van der Waals surface area contributed by atoms with Crippen molar-refractivity contribution in [2.45, 2.75) is 11.8 Å². The predicted molar refractivity (Wildman–Crippen MR) is 112 cm³/mol. The second kappa shape index (κ2) is 9.16. The average Bonchev–Trinajstić information content (AvgIpc) is 3.22. The molecular weight excluding hydrogens is 384 g/mol. The van der Waals surface area contributed by atoms with E-state index in [0.717, 1.165) is 16.8 Å². The number of nitrogens with zero attached hydrogens (tertiary/aromatic N) is 4. The van der Waals surface area contributed by atoms with Gasteiger partial charge in [0.1, 0.15) is 6.61 Å². The molecule has 2 aromatic heterocycles. The van der Waals surface area contributed by atoms with Gasteiger partial charge < -0.3 is 4.74 Å². The maximum absolute atomic E-state index is 12.2. The van der Waals surface area contributed by atoms with Crippen LogP contribution in [-0.4, -0.2) is 31.5 Å². The summed E-state index contributed by atoms with van der Waals surface area (Å²) in [6.07, 6.45) is 3.46. The van der Waals surface area contributed by atoms with E-state index in [1.165, 1.54) is 11.8 Å². The van der Waals surface area contributed by atoms with Gasteiger partial charge in [-0.1, -0.05) is 60.3 Å². The highest BCUT2D eigenvalue weighted by atomic mass is 32.2. The molecule has 0 aliphatic heterocycles. The van der Waals surface area contributed by atoms with E-state index in [2.05, 4.69) is 15.2 Å². The largest absolute Gasteiger partial charge is 0.460 e. The van der Waals surface area contributed by atoms with Crippen LogP contribution < -0.4 is 0 Å². The first-order valence-electron chi connectivity index (χ1n) is 9.05. The van der Waals surface area contributed by atoms with Gasteiger partial charge >= 0.3 is 5.97 Å². The van der Waals surface area contributed by atoms with E-state index >= 15 is 0 Å². The first-order valence-corrected chi connectivity index (χ1v) is 10.0. The van der Waals surface area contributed by atoms with E-state index in [1.54, 1.807) is 12.4 Å². The molecule has 0 saturated carbocycles. The maximum atomic E-state index is 12.2. The summed E-state index contributed by atoms with van der Waals surface area (Å²) in [5, 5.41) is 9.25. The van der Waals surface area contributed by atoms with Gasteiger partial charge in [0.25, 0.3) is 0 Å². The molecule has 0 saturated heterocycles. The summed E-state index contributed by atoms with van der Waals surface area (Å²) in [5.41, 5.74) is 2.72. The number of para-hydroxylation sites is 1. The fourth-order valence-electron chi connectivity index (χ4n) is 2.76. The number of benzene rings is 2. The van der Waals surface area contributed by atoms with Crippen LogP contribution in [0.5, 0.6) is 0 Å². The molecule has 0 bridgehead atoms. The molecule has 2 aromatic carbocycles. The molecule has 0 fully saturated rings. The summed E-state index contributed by atoms with van der Waals surface area (Å²) in [6.45, 7) is 0.256. The number of hydrogen-bond donors (Lipinski definition) is 0. The van der Waals surface area contributed by atoms with Gasteiger partial charge in [-0.3, -0.25) is 14.3 Å². The van der Waals surface area contributed by atoms with E-state index in [1.807, 2.05) is 77.4 Å². The summed E-state index contributed by atoms with van der Waals surface area (Å²) in [7, 11) is 0. The van der Waals surface area contributed by atoms with Crippen molar-refractivity contribution in [2.75, 3.05) is 5.75 Å². The molecule has 0 aliphatic carbocycles. The third-order valence-corrected chi connectivity index (χ3v) is 5.03. The Kier molecular flexibility index (Phi) is 5.97. The molecule has 0 amide bonds. The summed E-state index contributed by atoms with van der Waals surface area (Å²) in [5.74, 6) is 0.513. The van der Waals surface area contributed by atoms with E-state index in [0.29, 0.717) is 11.0 Å². The summed E-state index contributed by atoms with van der Waals surface area (Å²) in [4.78, 5) is 16.4. The highest BCUT2D eigenvalue weighted by Crippen LogP contribution is 2.27. The fraction of sp³-hybridized carbons (Fsp3) is 0.0909. The number of ether oxygens (including phenoxy) is 1. The van der Waals surface area contributed by atoms with Crippen LogP contribution in [-0.2, 0) is 16.1 Å². The molecular formula is C22H18N4O2S. The standard InChI is InChI=1S/C22H18N4O2S/c27-20(28-15-17-8-3-1-4-9-17)16-29-22-25-24-21(18-10-7-13-23-14-18)26(22)19-11-5-2-6-12-19/h1-14H,15-16H2. The van der Waals surface area contributed by atoms with Crippen LogP contribution in [0.15, 0.2) is 90.3 Å². The maximum Gasteiger partial charge on any atom is 0.316 e. The Morgan fingerprint density at radius 1 is 0.931 bits per heavy atom. The average molecular weight is 402 g/mol. The first kappa shape index (κ1) is 18.9. The second-order valence-corrected chi connectivity index (χ2v) is 7.10. The lowest BCUT2D eigenvalue weighted by Crippen LogP contribution is -2.08. The van der Waals surface area contributed by atoms with Crippen molar-refractivity contribution in [3.05, 3.63) is 90.8 Å². The van der Waals surface area contributed by atoms with Crippen molar-refractivity contribution >= 4 is 17.7 Å². The molecule has 2 heterocycles. The van der Waals surface area contributed by atoms with Gasteiger partial charge in [-0.25, -0.2) is 0 Å². The zero-order chi connectivity index (χ0) is 19.9. The minimum Gasteiger partial charge on any atom is -0.460 e. The van der Waals surface area contributed by atoms with E-state index in [-0.39, 0.29) is 18.3 Å². The van der Waals surface area contributed by atoms with Crippen LogP contribution >= 0.6 is 11.8 Å². The second-order valence-electron chi connectivity index (χ2n) is 6.15. The van der Waals surface area contributed by atoms with Crippen LogP contribution in [0, 0.1) is 0 Å². The van der Waals surface area contributed by atoms with Crippen LogP contribution in [0.2, 0.25) is 0 Å². The molecule has 0 spiro atoms. The number of hydrogen-bond acceptors (Lipinski definition) is 6. The molecule has 0 aliphatic rings. The van der Waals surface area contributed by atoms with Gasteiger partial charge in [-0.05, 0) is 29.8 Å². The lowest BCUT2D eigenvalue weighted by atomic mass is 10.2. The summed E-state index contributed by atoms with van der Waals surface area (Å²) in [6, 6.07) is 23.2. The molecule has 0 N–H and O–H groups in total. The quantitative estimate of drug-likeness (QED) is 0.341. The Labute approximate surface area is 172 Å².